The fraction of sp³-hybridized carbons (Fsp3) is 0.0476. The van der Waals surface area contributed by atoms with Gasteiger partial charge in [-0.25, -0.2) is 12.8 Å². The summed E-state index contributed by atoms with van der Waals surface area (Å²) in [5.74, 6) is -0.533. The SMILES string of the molecule is CS(=O)(=O)Nc1ccc(NC(=O)/C=C/c2ccc(Oc3cccnc3)c(F)c2)cc1. The van der Waals surface area contributed by atoms with Crippen LogP contribution in [0, 0.1) is 5.82 Å². The number of hydrogen-bond acceptors (Lipinski definition) is 5. The summed E-state index contributed by atoms with van der Waals surface area (Å²) in [6.45, 7) is 0. The molecule has 0 spiro atoms. The summed E-state index contributed by atoms with van der Waals surface area (Å²) in [4.78, 5) is 16.0. The molecule has 9 heteroatoms. The lowest BCUT2D eigenvalue weighted by molar-refractivity contribution is -0.111. The van der Waals surface area contributed by atoms with Gasteiger partial charge in [0.2, 0.25) is 15.9 Å². The maximum atomic E-state index is 14.2. The normalized spacial score (nSPS) is 11.3. The molecule has 0 unspecified atom stereocenters. The largest absolute Gasteiger partial charge is 0.453 e. The van der Waals surface area contributed by atoms with E-state index in [1.165, 1.54) is 42.6 Å². The maximum absolute atomic E-state index is 14.2. The number of aromatic nitrogens is 1. The predicted octanol–water partition coefficient (Wildman–Crippen LogP) is 4.04. The molecule has 0 fully saturated rings. The van der Waals surface area contributed by atoms with E-state index in [0.29, 0.717) is 22.7 Å². The van der Waals surface area contributed by atoms with E-state index in [2.05, 4.69) is 15.0 Å². The van der Waals surface area contributed by atoms with Crippen LogP contribution in [0.15, 0.2) is 73.1 Å². The first-order valence-electron chi connectivity index (χ1n) is 8.73. The Morgan fingerprint density at radius 1 is 1.10 bits per heavy atom. The number of nitrogens with one attached hydrogen (secondary N) is 2. The van der Waals surface area contributed by atoms with E-state index >= 15 is 0 Å². The standard InChI is InChI=1S/C21H18FN3O4S/c1-30(27,28)25-17-8-6-16(7-9-17)24-21(26)11-5-15-4-10-20(19(22)13-15)29-18-3-2-12-23-14-18/h2-14,25H,1H3,(H,24,26)/b11-5+. The summed E-state index contributed by atoms with van der Waals surface area (Å²) in [6, 6.07) is 13.8. The molecule has 0 aliphatic carbocycles. The third-order valence-electron chi connectivity index (χ3n) is 3.70. The Morgan fingerprint density at radius 2 is 1.83 bits per heavy atom. The van der Waals surface area contributed by atoms with E-state index in [4.69, 9.17) is 4.74 Å². The maximum Gasteiger partial charge on any atom is 0.248 e. The van der Waals surface area contributed by atoms with Crippen molar-refractivity contribution in [1.29, 1.82) is 0 Å². The van der Waals surface area contributed by atoms with Crippen LogP contribution in [0.1, 0.15) is 5.56 Å². The minimum absolute atomic E-state index is 0.0485. The fourth-order valence-corrected chi connectivity index (χ4v) is 2.99. The van der Waals surface area contributed by atoms with E-state index in [0.717, 1.165) is 6.26 Å². The van der Waals surface area contributed by atoms with Gasteiger partial charge in [-0.05, 0) is 60.2 Å². The molecular weight excluding hydrogens is 409 g/mol. The third-order valence-corrected chi connectivity index (χ3v) is 4.31. The predicted molar refractivity (Wildman–Crippen MR) is 113 cm³/mol. The van der Waals surface area contributed by atoms with E-state index in [1.807, 2.05) is 0 Å². The van der Waals surface area contributed by atoms with Gasteiger partial charge in [0.1, 0.15) is 5.75 Å². The van der Waals surface area contributed by atoms with Gasteiger partial charge in [0.15, 0.2) is 11.6 Å². The molecule has 0 aliphatic heterocycles. The number of benzene rings is 2. The summed E-state index contributed by atoms with van der Waals surface area (Å²) in [6.07, 6.45) is 6.84. The van der Waals surface area contributed by atoms with Crippen molar-refractivity contribution in [2.24, 2.45) is 0 Å². The van der Waals surface area contributed by atoms with Crippen LogP contribution < -0.4 is 14.8 Å². The monoisotopic (exact) mass is 427 g/mol. The molecular formula is C21H18FN3O4S. The van der Waals surface area contributed by atoms with Crippen LogP contribution in [0.5, 0.6) is 11.5 Å². The lowest BCUT2D eigenvalue weighted by atomic mass is 10.2. The van der Waals surface area contributed by atoms with Gasteiger partial charge in [-0.3, -0.25) is 14.5 Å². The Bertz CT molecular complexity index is 1160. The van der Waals surface area contributed by atoms with Gasteiger partial charge in [0.05, 0.1) is 12.5 Å². The number of halogens is 1. The Labute approximate surface area is 173 Å². The van der Waals surface area contributed by atoms with Crippen molar-refractivity contribution in [3.63, 3.8) is 0 Å². The second-order valence-corrected chi connectivity index (χ2v) is 8.00. The molecule has 0 atom stereocenters. The fourth-order valence-electron chi connectivity index (χ4n) is 2.43. The summed E-state index contributed by atoms with van der Waals surface area (Å²) in [5, 5.41) is 2.63. The van der Waals surface area contributed by atoms with Crippen molar-refractivity contribution in [2.45, 2.75) is 0 Å². The molecule has 0 saturated carbocycles. The molecule has 3 aromatic rings. The smallest absolute Gasteiger partial charge is 0.248 e. The molecule has 1 amide bonds. The zero-order chi connectivity index (χ0) is 21.6. The second-order valence-electron chi connectivity index (χ2n) is 6.25. The molecule has 7 nitrogen and oxygen atoms in total. The van der Waals surface area contributed by atoms with Crippen molar-refractivity contribution in [2.75, 3.05) is 16.3 Å². The van der Waals surface area contributed by atoms with Gasteiger partial charge >= 0.3 is 0 Å². The molecule has 154 valence electrons. The van der Waals surface area contributed by atoms with Crippen molar-refractivity contribution < 1.29 is 22.3 Å². The van der Waals surface area contributed by atoms with Crippen LogP contribution >= 0.6 is 0 Å². The first kappa shape index (κ1) is 21.0. The molecule has 2 aromatic carbocycles. The number of anilines is 2. The molecule has 0 bridgehead atoms. The van der Waals surface area contributed by atoms with Crippen molar-refractivity contribution in [3.05, 3.63) is 84.4 Å². The number of carbonyl (C=O) groups is 1. The lowest BCUT2D eigenvalue weighted by Gasteiger charge is -2.07. The van der Waals surface area contributed by atoms with Crippen LogP contribution in [0.25, 0.3) is 6.08 Å². The summed E-state index contributed by atoms with van der Waals surface area (Å²) in [5.41, 5.74) is 1.35. The number of hydrogen-bond donors (Lipinski definition) is 2. The Morgan fingerprint density at radius 3 is 2.47 bits per heavy atom. The second kappa shape index (κ2) is 9.19. The summed E-state index contributed by atoms with van der Waals surface area (Å²) >= 11 is 0. The van der Waals surface area contributed by atoms with Gasteiger partial charge in [-0.15, -0.1) is 0 Å². The van der Waals surface area contributed by atoms with Gasteiger partial charge in [0.25, 0.3) is 0 Å². The summed E-state index contributed by atoms with van der Waals surface area (Å²) < 4.78 is 44.4. The van der Waals surface area contributed by atoms with Crippen LogP contribution in [0.2, 0.25) is 0 Å². The van der Waals surface area contributed by atoms with Crippen LogP contribution in [-0.4, -0.2) is 25.6 Å². The van der Waals surface area contributed by atoms with Crippen LogP contribution in [0.3, 0.4) is 0 Å². The minimum atomic E-state index is -3.37. The average Bonchev–Trinajstić information content (AvgIpc) is 2.69. The average molecular weight is 427 g/mol. The molecule has 2 N–H and O–H groups in total. The number of ether oxygens (including phenoxy) is 1. The highest BCUT2D eigenvalue weighted by molar-refractivity contribution is 7.92. The minimum Gasteiger partial charge on any atom is -0.453 e. The highest BCUT2D eigenvalue weighted by Gasteiger charge is 2.06. The zero-order valence-electron chi connectivity index (χ0n) is 15.9. The lowest BCUT2D eigenvalue weighted by Crippen LogP contribution is -2.10. The highest BCUT2D eigenvalue weighted by Crippen LogP contribution is 2.25. The molecule has 30 heavy (non-hydrogen) atoms. The van der Waals surface area contributed by atoms with Gasteiger partial charge in [0, 0.05) is 23.6 Å². The molecule has 3 rings (SSSR count). The van der Waals surface area contributed by atoms with Crippen molar-refractivity contribution >= 4 is 33.4 Å². The number of amides is 1. The van der Waals surface area contributed by atoms with Gasteiger partial charge < -0.3 is 10.1 Å². The molecule has 1 heterocycles. The van der Waals surface area contributed by atoms with E-state index in [1.54, 1.807) is 36.5 Å². The Balaban J connectivity index is 1.60. The van der Waals surface area contributed by atoms with Crippen molar-refractivity contribution in [3.8, 4) is 11.5 Å². The molecule has 1 aromatic heterocycles. The zero-order valence-corrected chi connectivity index (χ0v) is 16.7. The van der Waals surface area contributed by atoms with E-state index in [9.17, 15) is 17.6 Å². The molecule has 0 radical (unpaired) electrons. The van der Waals surface area contributed by atoms with Crippen LogP contribution in [-0.2, 0) is 14.8 Å². The molecule has 0 aliphatic rings. The number of pyridine rings is 1. The number of carbonyl (C=O) groups excluding carboxylic acids is 1. The number of sulfonamides is 1. The topological polar surface area (TPSA) is 97.4 Å². The first-order valence-corrected chi connectivity index (χ1v) is 10.6. The summed E-state index contributed by atoms with van der Waals surface area (Å²) in [7, 11) is -3.37. The number of nitrogens with zero attached hydrogens (tertiary/aromatic N) is 1. The van der Waals surface area contributed by atoms with Gasteiger partial charge in [-0.1, -0.05) is 6.07 Å². The van der Waals surface area contributed by atoms with E-state index < -0.39 is 21.7 Å². The third kappa shape index (κ3) is 6.42. The Kier molecular flexibility index (Phi) is 6.43. The quantitative estimate of drug-likeness (QED) is 0.555. The van der Waals surface area contributed by atoms with Crippen molar-refractivity contribution in [1.82, 2.24) is 4.98 Å². The number of rotatable bonds is 7. The molecule has 0 saturated heterocycles. The Hall–Kier alpha value is -3.72. The van der Waals surface area contributed by atoms with Gasteiger partial charge in [-0.2, -0.15) is 0 Å². The van der Waals surface area contributed by atoms with Crippen LogP contribution in [0.4, 0.5) is 15.8 Å². The highest BCUT2D eigenvalue weighted by atomic mass is 32.2. The first-order chi connectivity index (χ1) is 14.3. The van der Waals surface area contributed by atoms with E-state index in [-0.39, 0.29) is 5.75 Å².